The highest BCUT2D eigenvalue weighted by Crippen LogP contribution is 2.03. The van der Waals surface area contributed by atoms with Crippen LogP contribution in [-0.2, 0) is 4.79 Å². The summed E-state index contributed by atoms with van der Waals surface area (Å²) in [6.45, 7) is -0.112. The smallest absolute Gasteiger partial charge is 0.289 e. The third-order valence-corrected chi connectivity index (χ3v) is 1.47. The molecule has 1 aromatic heterocycles. The van der Waals surface area contributed by atoms with Gasteiger partial charge in [0.2, 0.25) is 5.91 Å². The Hall–Kier alpha value is -1.78. The minimum atomic E-state index is -0.553. The van der Waals surface area contributed by atoms with Crippen LogP contribution in [0, 0.1) is 0 Å². The fourth-order valence-electron chi connectivity index (χ4n) is 0.894. The Morgan fingerprint density at radius 1 is 1.62 bits per heavy atom. The fourth-order valence-corrected chi connectivity index (χ4v) is 0.894. The molecule has 2 N–H and O–H groups in total. The van der Waals surface area contributed by atoms with Crippen LogP contribution in [-0.4, -0.2) is 30.3 Å². The Labute approximate surface area is 75.1 Å². The number of likely N-dealkylation sites (N-methyl/N-ethyl adjacent to an activating group) is 1. The average molecular weight is 182 g/mol. The molecular formula is C8H10N2O3. The fraction of sp³-hybridized carbons (Fsp3) is 0.250. The lowest BCUT2D eigenvalue weighted by molar-refractivity contribution is -0.118. The summed E-state index contributed by atoms with van der Waals surface area (Å²) in [6.07, 6.45) is 1.39. The molecule has 70 valence electrons. The number of nitrogens with two attached hydrogens (primary N) is 1. The van der Waals surface area contributed by atoms with Crippen molar-refractivity contribution in [2.45, 2.75) is 0 Å². The maximum absolute atomic E-state index is 11.4. The van der Waals surface area contributed by atoms with Crippen LogP contribution >= 0.6 is 0 Å². The molecule has 0 aliphatic carbocycles. The summed E-state index contributed by atoms with van der Waals surface area (Å²) in [5.41, 5.74) is 4.92. The van der Waals surface area contributed by atoms with Crippen molar-refractivity contribution in [3.8, 4) is 0 Å². The summed E-state index contributed by atoms with van der Waals surface area (Å²) in [7, 11) is 1.48. The summed E-state index contributed by atoms with van der Waals surface area (Å²) >= 11 is 0. The molecule has 0 aromatic carbocycles. The topological polar surface area (TPSA) is 76.5 Å². The lowest BCUT2D eigenvalue weighted by Crippen LogP contribution is -2.35. The molecule has 1 rings (SSSR count). The first kappa shape index (κ1) is 9.31. The van der Waals surface area contributed by atoms with E-state index in [1.807, 2.05) is 0 Å². The second kappa shape index (κ2) is 3.75. The summed E-state index contributed by atoms with van der Waals surface area (Å²) in [5, 5.41) is 0. The highest BCUT2D eigenvalue weighted by Gasteiger charge is 2.15. The molecule has 0 radical (unpaired) electrons. The van der Waals surface area contributed by atoms with Crippen LogP contribution in [0.1, 0.15) is 10.6 Å². The van der Waals surface area contributed by atoms with E-state index in [1.165, 1.54) is 24.3 Å². The van der Waals surface area contributed by atoms with Gasteiger partial charge in [-0.2, -0.15) is 0 Å². The van der Waals surface area contributed by atoms with E-state index >= 15 is 0 Å². The number of nitrogens with zero attached hydrogens (tertiary/aromatic N) is 1. The van der Waals surface area contributed by atoms with Gasteiger partial charge < -0.3 is 15.1 Å². The zero-order chi connectivity index (χ0) is 9.84. The third-order valence-electron chi connectivity index (χ3n) is 1.47. The average Bonchev–Trinajstić information content (AvgIpc) is 2.53. The van der Waals surface area contributed by atoms with Gasteiger partial charge in [-0.3, -0.25) is 9.59 Å². The maximum atomic E-state index is 11.4. The molecular weight excluding hydrogens is 172 g/mol. The van der Waals surface area contributed by atoms with E-state index in [9.17, 15) is 9.59 Å². The standard InChI is InChI=1S/C8H10N2O3/c1-10(5-7(9)11)8(12)6-3-2-4-13-6/h2-4H,5H2,1H3,(H2,9,11). The number of primary amides is 1. The monoisotopic (exact) mass is 182 g/mol. The number of carbonyl (C=O) groups excluding carboxylic acids is 2. The molecule has 0 aliphatic heterocycles. The molecule has 0 bridgehead atoms. The molecule has 1 aromatic rings. The lowest BCUT2D eigenvalue weighted by Gasteiger charge is -2.12. The summed E-state index contributed by atoms with van der Waals surface area (Å²) in [6, 6.07) is 3.13. The van der Waals surface area contributed by atoms with Gasteiger partial charge in [0.05, 0.1) is 12.8 Å². The molecule has 13 heavy (non-hydrogen) atoms. The molecule has 0 fully saturated rings. The highest BCUT2D eigenvalue weighted by molar-refractivity contribution is 5.93. The van der Waals surface area contributed by atoms with Crippen molar-refractivity contribution in [2.24, 2.45) is 5.73 Å². The predicted molar refractivity (Wildman–Crippen MR) is 44.9 cm³/mol. The van der Waals surface area contributed by atoms with Crippen LogP contribution in [0.25, 0.3) is 0 Å². The van der Waals surface area contributed by atoms with Gasteiger partial charge >= 0.3 is 0 Å². The summed E-state index contributed by atoms with van der Waals surface area (Å²) in [5.74, 6) is -0.713. The van der Waals surface area contributed by atoms with Gasteiger partial charge in [-0.05, 0) is 12.1 Å². The summed E-state index contributed by atoms with van der Waals surface area (Å²) < 4.78 is 4.85. The molecule has 0 saturated carbocycles. The zero-order valence-corrected chi connectivity index (χ0v) is 7.19. The molecule has 0 unspecified atom stereocenters. The Kier molecular flexibility index (Phi) is 2.69. The van der Waals surface area contributed by atoms with Gasteiger partial charge in [0.1, 0.15) is 0 Å². The molecule has 0 aliphatic rings. The van der Waals surface area contributed by atoms with Crippen LogP contribution in [0.2, 0.25) is 0 Å². The zero-order valence-electron chi connectivity index (χ0n) is 7.19. The number of rotatable bonds is 3. The van der Waals surface area contributed by atoms with Gasteiger partial charge in [-0.1, -0.05) is 0 Å². The molecule has 0 atom stereocenters. The van der Waals surface area contributed by atoms with Crippen LogP contribution in [0.5, 0.6) is 0 Å². The SMILES string of the molecule is CN(CC(N)=O)C(=O)c1ccco1. The molecule has 2 amide bonds. The Balaban J connectivity index is 2.63. The van der Waals surface area contributed by atoms with Crippen molar-refractivity contribution in [2.75, 3.05) is 13.6 Å². The number of carbonyl (C=O) groups is 2. The van der Waals surface area contributed by atoms with Crippen molar-refractivity contribution in [1.82, 2.24) is 4.90 Å². The van der Waals surface area contributed by atoms with Gasteiger partial charge in [-0.25, -0.2) is 0 Å². The van der Waals surface area contributed by atoms with Crippen molar-refractivity contribution in [3.05, 3.63) is 24.2 Å². The number of hydrogen-bond acceptors (Lipinski definition) is 3. The Morgan fingerprint density at radius 3 is 2.77 bits per heavy atom. The lowest BCUT2D eigenvalue weighted by atomic mass is 10.4. The molecule has 0 saturated heterocycles. The van der Waals surface area contributed by atoms with E-state index in [0.29, 0.717) is 0 Å². The minimum Gasteiger partial charge on any atom is -0.459 e. The van der Waals surface area contributed by atoms with E-state index in [1.54, 1.807) is 6.07 Å². The van der Waals surface area contributed by atoms with Gasteiger partial charge in [0, 0.05) is 7.05 Å². The van der Waals surface area contributed by atoms with Crippen LogP contribution < -0.4 is 5.73 Å². The Morgan fingerprint density at radius 2 is 2.31 bits per heavy atom. The number of amides is 2. The van der Waals surface area contributed by atoms with Crippen molar-refractivity contribution in [1.29, 1.82) is 0 Å². The molecule has 1 heterocycles. The maximum Gasteiger partial charge on any atom is 0.289 e. The first-order valence-electron chi connectivity index (χ1n) is 3.68. The molecule has 5 heteroatoms. The third kappa shape index (κ3) is 2.33. The van der Waals surface area contributed by atoms with Crippen molar-refractivity contribution in [3.63, 3.8) is 0 Å². The first-order valence-corrected chi connectivity index (χ1v) is 3.68. The second-order valence-corrected chi connectivity index (χ2v) is 2.60. The number of hydrogen-bond donors (Lipinski definition) is 1. The van der Waals surface area contributed by atoms with Gasteiger partial charge in [0.25, 0.3) is 5.91 Å². The van der Waals surface area contributed by atoms with Crippen LogP contribution in [0.3, 0.4) is 0 Å². The molecule has 0 spiro atoms. The van der Waals surface area contributed by atoms with Gasteiger partial charge in [0.15, 0.2) is 5.76 Å². The number of furan rings is 1. The second-order valence-electron chi connectivity index (χ2n) is 2.60. The quantitative estimate of drug-likeness (QED) is 0.705. The Bertz CT molecular complexity index is 305. The first-order chi connectivity index (χ1) is 6.11. The predicted octanol–water partition coefficient (Wildman–Crippen LogP) is -0.163. The minimum absolute atomic E-state index is 0.112. The highest BCUT2D eigenvalue weighted by atomic mass is 16.3. The largest absolute Gasteiger partial charge is 0.459 e. The summed E-state index contributed by atoms with van der Waals surface area (Å²) in [4.78, 5) is 23.0. The van der Waals surface area contributed by atoms with Crippen molar-refractivity contribution < 1.29 is 14.0 Å². The normalized spacial score (nSPS) is 9.62. The molecule has 5 nitrogen and oxygen atoms in total. The van der Waals surface area contributed by atoms with E-state index in [2.05, 4.69) is 0 Å². The van der Waals surface area contributed by atoms with Gasteiger partial charge in [-0.15, -0.1) is 0 Å². The van der Waals surface area contributed by atoms with E-state index in [4.69, 9.17) is 10.2 Å². The van der Waals surface area contributed by atoms with E-state index < -0.39 is 5.91 Å². The van der Waals surface area contributed by atoms with E-state index in [0.717, 1.165) is 0 Å². The van der Waals surface area contributed by atoms with E-state index in [-0.39, 0.29) is 18.2 Å². The van der Waals surface area contributed by atoms with Crippen LogP contribution in [0.15, 0.2) is 22.8 Å². The van der Waals surface area contributed by atoms with Crippen molar-refractivity contribution >= 4 is 11.8 Å². The van der Waals surface area contributed by atoms with Crippen LogP contribution in [0.4, 0.5) is 0 Å².